The smallest absolute Gasteiger partial charge is 0.183 e. The predicted octanol–water partition coefficient (Wildman–Crippen LogP) is 4.79. The van der Waals surface area contributed by atoms with Gasteiger partial charge in [0.1, 0.15) is 16.6 Å². The number of carbonyl (C=O) groups excluding carboxylic acids is 1. The fourth-order valence-electron chi connectivity index (χ4n) is 3.65. The highest BCUT2D eigenvalue weighted by molar-refractivity contribution is 8.00. The monoisotopic (exact) mass is 427 g/mol. The Morgan fingerprint density at radius 2 is 2.03 bits per heavy atom. The van der Waals surface area contributed by atoms with Gasteiger partial charge in [-0.25, -0.2) is 9.97 Å². The van der Waals surface area contributed by atoms with Crippen LogP contribution in [0, 0.1) is 6.92 Å². The minimum Gasteiger partial charge on any atom is -0.497 e. The van der Waals surface area contributed by atoms with E-state index in [-0.39, 0.29) is 5.78 Å². The fraction of sp³-hybridized carbons (Fsp3) is 0.409. The number of thioether (sulfide) groups is 1. The third-order valence-electron chi connectivity index (χ3n) is 5.34. The van der Waals surface area contributed by atoms with Crippen LogP contribution >= 0.6 is 23.1 Å². The van der Waals surface area contributed by atoms with Crippen molar-refractivity contribution in [1.29, 1.82) is 0 Å². The first kappa shape index (κ1) is 20.3. The molecule has 29 heavy (non-hydrogen) atoms. The third kappa shape index (κ3) is 4.63. The molecule has 1 fully saturated rings. The molecule has 4 rings (SSSR count). The van der Waals surface area contributed by atoms with E-state index in [1.165, 1.54) is 29.5 Å². The second-order valence-corrected chi connectivity index (χ2v) is 9.53. The molecule has 152 valence electrons. The van der Waals surface area contributed by atoms with E-state index in [0.717, 1.165) is 39.6 Å². The number of fused-ring (bicyclic) bond motifs is 1. The van der Waals surface area contributed by atoms with Crippen molar-refractivity contribution in [3.05, 3.63) is 45.9 Å². The van der Waals surface area contributed by atoms with Gasteiger partial charge in [-0.15, -0.1) is 11.3 Å². The molecule has 0 unspecified atom stereocenters. The zero-order chi connectivity index (χ0) is 20.4. The maximum Gasteiger partial charge on any atom is 0.183 e. The third-order valence-corrected chi connectivity index (χ3v) is 7.62. The highest BCUT2D eigenvalue weighted by Crippen LogP contribution is 2.34. The number of aromatic nitrogens is 2. The maximum absolute atomic E-state index is 12.8. The number of hydrogen-bond donors (Lipinski definition) is 0. The molecule has 7 heteroatoms. The van der Waals surface area contributed by atoms with Crippen LogP contribution in [0.1, 0.15) is 39.1 Å². The molecular formula is C22H25N3O2S2. The summed E-state index contributed by atoms with van der Waals surface area (Å²) < 4.78 is 5.34. The van der Waals surface area contributed by atoms with Gasteiger partial charge in [0.05, 0.1) is 23.3 Å². The van der Waals surface area contributed by atoms with Gasteiger partial charge in [-0.1, -0.05) is 11.8 Å². The first-order valence-corrected chi connectivity index (χ1v) is 11.6. The minimum atomic E-state index is 0.159. The number of Topliss-reactive ketones (excluding diaryl/α,β-unsaturated/α-hetero) is 1. The zero-order valence-corrected chi connectivity index (χ0v) is 18.6. The molecule has 0 bridgehead atoms. The average Bonchev–Trinajstić information content (AvgIpc) is 3.22. The molecule has 0 atom stereocenters. The van der Waals surface area contributed by atoms with E-state index in [2.05, 4.69) is 28.0 Å². The van der Waals surface area contributed by atoms with Crippen LogP contribution in [0.15, 0.2) is 35.4 Å². The van der Waals surface area contributed by atoms with E-state index >= 15 is 0 Å². The van der Waals surface area contributed by atoms with Crippen molar-refractivity contribution in [2.24, 2.45) is 0 Å². The van der Waals surface area contributed by atoms with Crippen molar-refractivity contribution < 1.29 is 9.53 Å². The normalized spacial score (nSPS) is 15.7. The van der Waals surface area contributed by atoms with Gasteiger partial charge in [-0.05, 0) is 76.2 Å². The van der Waals surface area contributed by atoms with Gasteiger partial charge >= 0.3 is 0 Å². The second kappa shape index (κ2) is 8.81. The number of ether oxygens (including phenoxy) is 1. The van der Waals surface area contributed by atoms with Crippen LogP contribution < -0.4 is 4.74 Å². The zero-order valence-electron chi connectivity index (χ0n) is 17.0. The van der Waals surface area contributed by atoms with Crippen molar-refractivity contribution in [3.8, 4) is 5.75 Å². The lowest BCUT2D eigenvalue weighted by molar-refractivity contribution is 0.102. The van der Waals surface area contributed by atoms with Crippen LogP contribution in [-0.4, -0.2) is 53.7 Å². The SMILES string of the molecule is COc1ccc2nc(C)nc(SCC(=O)c3ccc(C4CCN(C)CC4)s3)c2c1. The molecule has 0 aliphatic carbocycles. The summed E-state index contributed by atoms with van der Waals surface area (Å²) in [5.41, 5.74) is 0.869. The highest BCUT2D eigenvalue weighted by Gasteiger charge is 2.21. The van der Waals surface area contributed by atoms with Crippen LogP contribution in [0.4, 0.5) is 0 Å². The topological polar surface area (TPSA) is 55.3 Å². The largest absolute Gasteiger partial charge is 0.497 e. The first-order chi connectivity index (χ1) is 14.0. The van der Waals surface area contributed by atoms with Crippen molar-refractivity contribution in [1.82, 2.24) is 14.9 Å². The number of nitrogens with zero attached hydrogens (tertiary/aromatic N) is 3. The highest BCUT2D eigenvalue weighted by atomic mass is 32.2. The Morgan fingerprint density at radius 1 is 1.24 bits per heavy atom. The molecule has 1 aliphatic rings. The van der Waals surface area contributed by atoms with Crippen molar-refractivity contribution in [3.63, 3.8) is 0 Å². The number of ketones is 1. The number of hydrogen-bond acceptors (Lipinski definition) is 7. The molecule has 0 saturated carbocycles. The summed E-state index contributed by atoms with van der Waals surface area (Å²) in [5, 5.41) is 1.75. The molecule has 1 aliphatic heterocycles. The van der Waals surface area contributed by atoms with E-state index in [1.54, 1.807) is 18.4 Å². The number of likely N-dealkylation sites (tertiary alicyclic amines) is 1. The molecule has 0 N–H and O–H groups in total. The van der Waals surface area contributed by atoms with Crippen LogP contribution in [0.3, 0.4) is 0 Å². The van der Waals surface area contributed by atoms with Crippen molar-refractivity contribution in [2.45, 2.75) is 30.7 Å². The summed E-state index contributed by atoms with van der Waals surface area (Å²) in [6.07, 6.45) is 2.35. The summed E-state index contributed by atoms with van der Waals surface area (Å²) in [7, 11) is 3.82. The van der Waals surface area contributed by atoms with Crippen LogP contribution in [-0.2, 0) is 0 Å². The Kier molecular flexibility index (Phi) is 6.18. The number of rotatable bonds is 6. The summed E-state index contributed by atoms with van der Waals surface area (Å²) in [4.78, 5) is 26.4. The maximum atomic E-state index is 12.8. The van der Waals surface area contributed by atoms with Crippen molar-refractivity contribution >= 4 is 39.8 Å². The Labute approximate surface area is 179 Å². The minimum absolute atomic E-state index is 0.159. The van der Waals surface area contributed by atoms with Crippen LogP contribution in [0.25, 0.3) is 10.9 Å². The number of benzene rings is 1. The number of piperidine rings is 1. The summed E-state index contributed by atoms with van der Waals surface area (Å²) in [6.45, 7) is 4.14. The number of thiophene rings is 1. The standard InChI is InChI=1S/C22H25N3O2S2/c1-14-23-18-5-4-16(27-3)12-17(18)22(24-14)28-13-19(26)21-7-6-20(29-21)15-8-10-25(2)11-9-15/h4-7,12,15H,8-11,13H2,1-3H3. The number of methoxy groups -OCH3 is 1. The van der Waals surface area contributed by atoms with Gasteiger partial charge in [-0.3, -0.25) is 4.79 Å². The Morgan fingerprint density at radius 3 is 2.79 bits per heavy atom. The van der Waals surface area contributed by atoms with E-state index in [4.69, 9.17) is 4.74 Å². The molecule has 5 nitrogen and oxygen atoms in total. The van der Waals surface area contributed by atoms with Gasteiger partial charge in [0.2, 0.25) is 0 Å². The summed E-state index contributed by atoms with van der Waals surface area (Å²) >= 11 is 3.14. The lowest BCUT2D eigenvalue weighted by atomic mass is 9.96. The van der Waals surface area contributed by atoms with Gasteiger partial charge in [0.15, 0.2) is 5.78 Å². The fourth-order valence-corrected chi connectivity index (χ4v) is 5.79. The molecule has 0 amide bonds. The Bertz CT molecular complexity index is 1030. The first-order valence-electron chi connectivity index (χ1n) is 9.80. The van der Waals surface area contributed by atoms with E-state index in [9.17, 15) is 4.79 Å². The van der Waals surface area contributed by atoms with Gasteiger partial charge in [0.25, 0.3) is 0 Å². The Balaban J connectivity index is 1.47. The molecule has 2 aromatic heterocycles. The second-order valence-electron chi connectivity index (χ2n) is 7.45. The summed E-state index contributed by atoms with van der Waals surface area (Å²) in [5.74, 6) is 2.59. The van der Waals surface area contributed by atoms with E-state index in [0.29, 0.717) is 17.5 Å². The molecule has 1 aromatic carbocycles. The average molecular weight is 428 g/mol. The van der Waals surface area contributed by atoms with Crippen LogP contribution in [0.5, 0.6) is 5.75 Å². The lowest BCUT2D eigenvalue weighted by Gasteiger charge is -2.28. The molecular weight excluding hydrogens is 402 g/mol. The number of aryl methyl sites for hydroxylation is 1. The quantitative estimate of drug-likeness (QED) is 0.320. The molecule has 0 radical (unpaired) electrons. The lowest BCUT2D eigenvalue weighted by Crippen LogP contribution is -2.28. The predicted molar refractivity (Wildman–Crippen MR) is 120 cm³/mol. The molecule has 3 aromatic rings. The van der Waals surface area contributed by atoms with Crippen molar-refractivity contribution in [2.75, 3.05) is 33.0 Å². The molecule has 3 heterocycles. The summed E-state index contributed by atoms with van der Waals surface area (Å²) in [6, 6.07) is 9.90. The number of carbonyl (C=O) groups is 1. The van der Waals surface area contributed by atoms with E-state index in [1.807, 2.05) is 31.2 Å². The van der Waals surface area contributed by atoms with Gasteiger partial charge < -0.3 is 9.64 Å². The van der Waals surface area contributed by atoms with Crippen LogP contribution in [0.2, 0.25) is 0 Å². The van der Waals surface area contributed by atoms with Gasteiger partial charge in [0, 0.05) is 10.3 Å². The van der Waals surface area contributed by atoms with Gasteiger partial charge in [-0.2, -0.15) is 0 Å². The Hall–Kier alpha value is -1.96. The van der Waals surface area contributed by atoms with E-state index < -0.39 is 0 Å². The molecule has 0 spiro atoms. The molecule has 1 saturated heterocycles.